The summed E-state index contributed by atoms with van der Waals surface area (Å²) in [5, 5.41) is 16.2. The van der Waals surface area contributed by atoms with Crippen LogP contribution < -0.4 is 10.6 Å². The lowest BCUT2D eigenvalue weighted by Crippen LogP contribution is -2.41. The van der Waals surface area contributed by atoms with E-state index in [0.717, 1.165) is 47.6 Å². The zero-order chi connectivity index (χ0) is 29.6. The topological polar surface area (TPSA) is 87.7 Å². The number of hydrogen-bond acceptors (Lipinski definition) is 5. The van der Waals surface area contributed by atoms with E-state index in [-0.39, 0.29) is 19.4 Å². The van der Waals surface area contributed by atoms with Crippen LogP contribution in [0.15, 0.2) is 42.5 Å². The first kappa shape index (κ1) is 35.8. The number of carbonyl (C=O) groups excluding carboxylic acids is 1. The Morgan fingerprint density at radius 2 is 1.79 bits per heavy atom. The maximum Gasteiger partial charge on any atom is 0.326 e. The first-order chi connectivity index (χ1) is 19.8. The summed E-state index contributed by atoms with van der Waals surface area (Å²) >= 11 is 1.57. The Balaban J connectivity index is 0.00000616. The number of thioether (sulfide) groups is 1. The monoisotopic (exact) mass is 598 g/mol. The highest BCUT2D eigenvalue weighted by Crippen LogP contribution is 2.30. The molecule has 7 heteroatoms. The molecular formula is C35H54N2O4S. The summed E-state index contributed by atoms with van der Waals surface area (Å²) in [6, 6.07) is 13.3. The highest BCUT2D eigenvalue weighted by atomic mass is 32.2. The standard InChI is InChI=1S/C34H50N2O4S.CH4/c1-24(2)16-18-40-23-28(20-26-11-6-5-7-12-26)35-22-27-14-15-30(31(21-27)29-13-9-8-10-25(29)3)33(37)36-32(34(38)39)17-19-41-4;/h8-10,13-15,21,24,26,28,32,35H,5-7,11-12,16-20,22-23H2,1-4H3,(H,36,37)(H,38,39);1H4/t28-,32+;/m1./s1. The number of carboxylic acid groups (broad SMARTS) is 1. The summed E-state index contributed by atoms with van der Waals surface area (Å²) in [6.45, 7) is 8.66. The third-order valence-electron chi connectivity index (χ3n) is 8.07. The largest absolute Gasteiger partial charge is 0.480 e. The second kappa shape index (κ2) is 19.0. The average molecular weight is 599 g/mol. The molecular weight excluding hydrogens is 544 g/mol. The van der Waals surface area contributed by atoms with Crippen LogP contribution in [-0.4, -0.2) is 54.3 Å². The maximum absolute atomic E-state index is 13.4. The fraction of sp³-hybridized carbons (Fsp3) is 0.600. The zero-order valence-corrected chi connectivity index (χ0v) is 26.2. The summed E-state index contributed by atoms with van der Waals surface area (Å²) in [5.74, 6) is 0.675. The molecule has 2 atom stereocenters. The smallest absolute Gasteiger partial charge is 0.326 e. The molecule has 6 nitrogen and oxygen atoms in total. The number of nitrogens with one attached hydrogen (secondary N) is 2. The van der Waals surface area contributed by atoms with Gasteiger partial charge in [0.15, 0.2) is 0 Å². The minimum atomic E-state index is -1.01. The lowest BCUT2D eigenvalue weighted by molar-refractivity contribution is -0.139. The molecule has 0 aliphatic heterocycles. The van der Waals surface area contributed by atoms with Crippen molar-refractivity contribution in [1.82, 2.24) is 10.6 Å². The van der Waals surface area contributed by atoms with Gasteiger partial charge in [0.05, 0.1) is 6.61 Å². The van der Waals surface area contributed by atoms with Crippen LogP contribution in [0.2, 0.25) is 0 Å². The van der Waals surface area contributed by atoms with Crippen molar-refractivity contribution in [2.24, 2.45) is 11.8 Å². The predicted octanol–water partition coefficient (Wildman–Crippen LogP) is 7.73. The Morgan fingerprint density at radius 3 is 2.45 bits per heavy atom. The van der Waals surface area contributed by atoms with Crippen molar-refractivity contribution in [3.8, 4) is 11.1 Å². The highest BCUT2D eigenvalue weighted by Gasteiger charge is 2.23. The molecule has 1 aliphatic carbocycles. The summed E-state index contributed by atoms with van der Waals surface area (Å²) in [4.78, 5) is 25.2. The van der Waals surface area contributed by atoms with Crippen molar-refractivity contribution in [2.75, 3.05) is 25.2 Å². The molecule has 0 unspecified atom stereocenters. The molecule has 1 fully saturated rings. The number of rotatable bonds is 17. The molecule has 1 saturated carbocycles. The molecule has 234 valence electrons. The molecule has 0 heterocycles. The first-order valence-corrected chi connectivity index (χ1v) is 16.7. The Kier molecular flexibility index (Phi) is 16.2. The fourth-order valence-electron chi connectivity index (χ4n) is 5.57. The van der Waals surface area contributed by atoms with Gasteiger partial charge in [-0.25, -0.2) is 4.79 Å². The van der Waals surface area contributed by atoms with Gasteiger partial charge in [-0.2, -0.15) is 11.8 Å². The second-order valence-corrected chi connectivity index (χ2v) is 12.9. The van der Waals surface area contributed by atoms with E-state index >= 15 is 0 Å². The van der Waals surface area contributed by atoms with Crippen molar-refractivity contribution in [2.45, 2.75) is 98.2 Å². The summed E-state index contributed by atoms with van der Waals surface area (Å²) < 4.78 is 6.12. The van der Waals surface area contributed by atoms with Crippen LogP contribution in [0.25, 0.3) is 11.1 Å². The Bertz CT molecular complexity index is 1100. The molecule has 2 aromatic rings. The molecule has 0 radical (unpaired) electrons. The van der Waals surface area contributed by atoms with Gasteiger partial charge in [-0.3, -0.25) is 4.79 Å². The van der Waals surface area contributed by atoms with Gasteiger partial charge < -0.3 is 20.5 Å². The SMILES string of the molecule is C.CSCC[C@H](NC(=O)c1ccc(CN[C@@H](COCCC(C)C)CC2CCCCC2)cc1-c1ccccc1C)C(=O)O. The minimum absolute atomic E-state index is 0. The maximum atomic E-state index is 13.4. The van der Waals surface area contributed by atoms with E-state index in [4.69, 9.17) is 4.74 Å². The number of hydrogen-bond donors (Lipinski definition) is 3. The molecule has 3 rings (SSSR count). The van der Waals surface area contributed by atoms with Crippen molar-refractivity contribution < 1.29 is 19.4 Å². The molecule has 42 heavy (non-hydrogen) atoms. The number of ether oxygens (including phenoxy) is 1. The van der Waals surface area contributed by atoms with Gasteiger partial charge in [-0.15, -0.1) is 0 Å². The third kappa shape index (κ3) is 11.7. The lowest BCUT2D eigenvalue weighted by Gasteiger charge is -2.27. The fourth-order valence-corrected chi connectivity index (χ4v) is 6.04. The molecule has 0 bridgehead atoms. The van der Waals surface area contributed by atoms with E-state index in [0.29, 0.717) is 36.8 Å². The van der Waals surface area contributed by atoms with Gasteiger partial charge in [-0.1, -0.05) is 83.7 Å². The molecule has 1 amide bonds. The van der Waals surface area contributed by atoms with Crippen LogP contribution in [0.3, 0.4) is 0 Å². The number of carboxylic acids is 1. The number of amides is 1. The van der Waals surface area contributed by atoms with Gasteiger partial charge in [0.1, 0.15) is 6.04 Å². The van der Waals surface area contributed by atoms with E-state index < -0.39 is 12.0 Å². The molecule has 1 aliphatic rings. The van der Waals surface area contributed by atoms with Gasteiger partial charge in [0.2, 0.25) is 0 Å². The normalized spacial score (nSPS) is 15.2. The Hall–Kier alpha value is -2.35. The van der Waals surface area contributed by atoms with Gasteiger partial charge >= 0.3 is 5.97 Å². The summed E-state index contributed by atoms with van der Waals surface area (Å²) in [5.41, 5.74) is 4.46. The van der Waals surface area contributed by atoms with Gasteiger partial charge in [0.25, 0.3) is 5.91 Å². The van der Waals surface area contributed by atoms with Crippen LogP contribution in [0.5, 0.6) is 0 Å². The van der Waals surface area contributed by atoms with Crippen LogP contribution in [0.1, 0.15) is 94.1 Å². The summed E-state index contributed by atoms with van der Waals surface area (Å²) in [6.07, 6.45) is 11.1. The number of carbonyl (C=O) groups is 2. The van der Waals surface area contributed by atoms with Gasteiger partial charge in [0, 0.05) is 24.8 Å². The number of aliphatic carboxylic acids is 1. The predicted molar refractivity (Wildman–Crippen MR) is 177 cm³/mol. The number of benzene rings is 2. The first-order valence-electron chi connectivity index (χ1n) is 15.3. The van der Waals surface area contributed by atoms with Crippen molar-refractivity contribution in [3.05, 3.63) is 59.2 Å². The molecule has 2 aromatic carbocycles. The van der Waals surface area contributed by atoms with Crippen molar-refractivity contribution in [1.29, 1.82) is 0 Å². The second-order valence-electron chi connectivity index (χ2n) is 11.9. The Labute approximate surface area is 258 Å². The minimum Gasteiger partial charge on any atom is -0.480 e. The highest BCUT2D eigenvalue weighted by molar-refractivity contribution is 7.98. The van der Waals surface area contributed by atoms with Crippen LogP contribution in [-0.2, 0) is 16.1 Å². The van der Waals surface area contributed by atoms with Crippen molar-refractivity contribution >= 4 is 23.6 Å². The number of aryl methyl sites for hydroxylation is 1. The van der Waals surface area contributed by atoms with Crippen molar-refractivity contribution in [3.63, 3.8) is 0 Å². The van der Waals surface area contributed by atoms with E-state index in [1.807, 2.05) is 49.6 Å². The molecule has 3 N–H and O–H groups in total. The van der Waals surface area contributed by atoms with E-state index in [2.05, 4.69) is 30.5 Å². The average Bonchev–Trinajstić information content (AvgIpc) is 2.96. The van der Waals surface area contributed by atoms with E-state index in [1.54, 1.807) is 11.8 Å². The Morgan fingerprint density at radius 1 is 1.05 bits per heavy atom. The van der Waals surface area contributed by atoms with Crippen LogP contribution >= 0.6 is 11.8 Å². The molecule has 0 aromatic heterocycles. The molecule has 0 saturated heterocycles. The van der Waals surface area contributed by atoms with E-state index in [9.17, 15) is 14.7 Å². The molecule has 0 spiro atoms. The van der Waals surface area contributed by atoms with Gasteiger partial charge in [-0.05, 0) is 84.4 Å². The summed E-state index contributed by atoms with van der Waals surface area (Å²) in [7, 11) is 0. The van der Waals surface area contributed by atoms with Crippen LogP contribution in [0, 0.1) is 18.8 Å². The lowest BCUT2D eigenvalue weighted by atomic mass is 9.85. The third-order valence-corrected chi connectivity index (χ3v) is 8.72. The van der Waals surface area contributed by atoms with Crippen LogP contribution in [0.4, 0.5) is 0 Å². The quantitative estimate of drug-likeness (QED) is 0.162. The zero-order valence-electron chi connectivity index (χ0n) is 25.4. The van der Waals surface area contributed by atoms with E-state index in [1.165, 1.54) is 32.1 Å².